The van der Waals surface area contributed by atoms with Gasteiger partial charge in [-0.1, -0.05) is 19.3 Å². The van der Waals surface area contributed by atoms with Crippen LogP contribution in [0.4, 0.5) is 4.39 Å². The quantitative estimate of drug-likeness (QED) is 0.730. The van der Waals surface area contributed by atoms with Gasteiger partial charge in [0.05, 0.1) is 0 Å². The van der Waals surface area contributed by atoms with Crippen molar-refractivity contribution in [2.75, 3.05) is 0 Å². The van der Waals surface area contributed by atoms with Gasteiger partial charge in [-0.15, -0.1) is 0 Å². The van der Waals surface area contributed by atoms with Gasteiger partial charge in [0.25, 0.3) is 0 Å². The van der Waals surface area contributed by atoms with Gasteiger partial charge in [0.15, 0.2) is 0 Å². The Bertz CT molecular complexity index is 494. The van der Waals surface area contributed by atoms with Gasteiger partial charge in [-0.3, -0.25) is 0 Å². The number of benzene rings is 1. The van der Waals surface area contributed by atoms with Crippen molar-refractivity contribution >= 4 is 10.9 Å². The number of aromatic nitrogens is 1. The summed E-state index contributed by atoms with van der Waals surface area (Å²) in [5.74, 6) is 0.494. The van der Waals surface area contributed by atoms with E-state index in [1.54, 1.807) is 6.07 Å². The van der Waals surface area contributed by atoms with E-state index in [2.05, 4.69) is 11.1 Å². The number of aromatic amines is 1. The van der Waals surface area contributed by atoms with Crippen LogP contribution in [-0.2, 0) is 0 Å². The van der Waals surface area contributed by atoms with Crippen molar-refractivity contribution in [1.29, 1.82) is 0 Å². The maximum absolute atomic E-state index is 13.1. The maximum Gasteiger partial charge on any atom is 0.125 e. The average Bonchev–Trinajstić information content (AvgIpc) is 2.73. The standard InChI is InChI=1S/C14H16FN/c15-12-7-6-11-8-13(16-14(11)9-12)10-4-2-1-3-5-10/h6-10,16H,1-5H2. The molecule has 0 radical (unpaired) electrons. The van der Waals surface area contributed by atoms with Gasteiger partial charge in [-0.05, 0) is 48.4 Å². The Morgan fingerprint density at radius 3 is 2.69 bits per heavy atom. The highest BCUT2D eigenvalue weighted by atomic mass is 19.1. The Hall–Kier alpha value is -1.31. The van der Waals surface area contributed by atoms with Crippen LogP contribution in [0.15, 0.2) is 24.3 Å². The average molecular weight is 217 g/mol. The molecule has 0 bridgehead atoms. The molecule has 16 heavy (non-hydrogen) atoms. The molecule has 1 heterocycles. The van der Waals surface area contributed by atoms with E-state index < -0.39 is 0 Å². The van der Waals surface area contributed by atoms with E-state index in [9.17, 15) is 4.39 Å². The van der Waals surface area contributed by atoms with Crippen LogP contribution in [0.1, 0.15) is 43.7 Å². The van der Waals surface area contributed by atoms with Crippen LogP contribution in [0.2, 0.25) is 0 Å². The fourth-order valence-corrected chi connectivity index (χ4v) is 2.76. The predicted molar refractivity (Wildman–Crippen MR) is 64.1 cm³/mol. The van der Waals surface area contributed by atoms with Crippen LogP contribution >= 0.6 is 0 Å². The van der Waals surface area contributed by atoms with E-state index >= 15 is 0 Å². The predicted octanol–water partition coefficient (Wildman–Crippen LogP) is 4.35. The van der Waals surface area contributed by atoms with E-state index in [1.807, 2.05) is 6.07 Å². The fraction of sp³-hybridized carbons (Fsp3) is 0.429. The van der Waals surface area contributed by atoms with Crippen molar-refractivity contribution in [3.63, 3.8) is 0 Å². The number of H-pyrrole nitrogens is 1. The largest absolute Gasteiger partial charge is 0.358 e. The second kappa shape index (κ2) is 3.93. The minimum Gasteiger partial charge on any atom is -0.358 e. The molecule has 84 valence electrons. The van der Waals surface area contributed by atoms with Gasteiger partial charge in [0.2, 0.25) is 0 Å². The van der Waals surface area contributed by atoms with Crippen molar-refractivity contribution in [1.82, 2.24) is 4.98 Å². The Kier molecular flexibility index (Phi) is 2.43. The molecule has 1 nitrogen and oxygen atoms in total. The third-order valence-corrected chi connectivity index (χ3v) is 3.65. The first kappa shape index (κ1) is 9.88. The van der Waals surface area contributed by atoms with E-state index in [-0.39, 0.29) is 5.82 Å². The fourth-order valence-electron chi connectivity index (χ4n) is 2.76. The summed E-state index contributed by atoms with van der Waals surface area (Å²) in [7, 11) is 0. The summed E-state index contributed by atoms with van der Waals surface area (Å²) in [6, 6.07) is 7.15. The van der Waals surface area contributed by atoms with Gasteiger partial charge in [0, 0.05) is 11.2 Å². The molecule has 3 rings (SSSR count). The molecule has 0 spiro atoms. The number of halogens is 1. The Labute approximate surface area is 94.7 Å². The molecule has 1 aliphatic carbocycles. The number of nitrogens with one attached hydrogen (secondary N) is 1. The monoisotopic (exact) mass is 217 g/mol. The van der Waals surface area contributed by atoms with Crippen LogP contribution < -0.4 is 0 Å². The highest BCUT2D eigenvalue weighted by Gasteiger charge is 2.17. The van der Waals surface area contributed by atoms with Crippen LogP contribution in [0, 0.1) is 5.82 Å². The molecule has 0 amide bonds. The number of fused-ring (bicyclic) bond motifs is 1. The zero-order valence-corrected chi connectivity index (χ0v) is 9.30. The first-order chi connectivity index (χ1) is 7.83. The third-order valence-electron chi connectivity index (χ3n) is 3.65. The summed E-state index contributed by atoms with van der Waals surface area (Å²) >= 11 is 0. The van der Waals surface area contributed by atoms with Crippen LogP contribution in [0.3, 0.4) is 0 Å². The first-order valence-corrected chi connectivity index (χ1v) is 6.11. The van der Waals surface area contributed by atoms with E-state index in [0.29, 0.717) is 5.92 Å². The van der Waals surface area contributed by atoms with Crippen LogP contribution in [-0.4, -0.2) is 4.98 Å². The topological polar surface area (TPSA) is 15.8 Å². The molecule has 0 unspecified atom stereocenters. The number of hydrogen-bond donors (Lipinski definition) is 1. The van der Waals surface area contributed by atoms with E-state index in [4.69, 9.17) is 0 Å². The normalized spacial score (nSPS) is 18.1. The zero-order chi connectivity index (χ0) is 11.0. The molecular formula is C14H16FN. The lowest BCUT2D eigenvalue weighted by Gasteiger charge is -2.20. The van der Waals surface area contributed by atoms with Crippen molar-refractivity contribution in [3.05, 3.63) is 35.8 Å². The SMILES string of the molecule is Fc1ccc2cc(C3CCCCC3)[nH]c2c1. The van der Waals surface area contributed by atoms with Crippen LogP contribution in [0.25, 0.3) is 10.9 Å². The zero-order valence-electron chi connectivity index (χ0n) is 9.30. The molecule has 1 aromatic heterocycles. The lowest BCUT2D eigenvalue weighted by atomic mass is 9.87. The Morgan fingerprint density at radius 1 is 1.06 bits per heavy atom. The third kappa shape index (κ3) is 1.73. The summed E-state index contributed by atoms with van der Waals surface area (Å²) in [5, 5.41) is 1.13. The van der Waals surface area contributed by atoms with Crippen molar-refractivity contribution in [3.8, 4) is 0 Å². The molecule has 0 saturated heterocycles. The maximum atomic E-state index is 13.1. The molecule has 0 atom stereocenters. The molecule has 1 aliphatic rings. The summed E-state index contributed by atoms with van der Waals surface area (Å²) < 4.78 is 13.1. The molecule has 1 N–H and O–H groups in total. The van der Waals surface area contributed by atoms with Crippen molar-refractivity contribution < 1.29 is 4.39 Å². The summed E-state index contributed by atoms with van der Waals surface area (Å²) in [5.41, 5.74) is 2.22. The van der Waals surface area contributed by atoms with E-state index in [0.717, 1.165) is 10.9 Å². The number of hydrogen-bond acceptors (Lipinski definition) is 0. The lowest BCUT2D eigenvalue weighted by Crippen LogP contribution is -2.04. The second-order valence-electron chi connectivity index (χ2n) is 4.79. The minimum atomic E-state index is -0.162. The second-order valence-corrected chi connectivity index (χ2v) is 4.79. The minimum absolute atomic E-state index is 0.162. The van der Waals surface area contributed by atoms with Gasteiger partial charge >= 0.3 is 0 Å². The molecule has 1 aromatic carbocycles. The number of rotatable bonds is 1. The van der Waals surface area contributed by atoms with E-state index in [1.165, 1.54) is 43.9 Å². The molecular weight excluding hydrogens is 201 g/mol. The summed E-state index contributed by atoms with van der Waals surface area (Å²) in [6.45, 7) is 0. The van der Waals surface area contributed by atoms with Gasteiger partial charge in [-0.25, -0.2) is 4.39 Å². The molecule has 1 fully saturated rings. The van der Waals surface area contributed by atoms with Gasteiger partial charge < -0.3 is 4.98 Å². The summed E-state index contributed by atoms with van der Waals surface area (Å²) in [4.78, 5) is 3.37. The molecule has 2 aromatic rings. The highest BCUT2D eigenvalue weighted by Crippen LogP contribution is 2.33. The summed E-state index contributed by atoms with van der Waals surface area (Å²) in [6.07, 6.45) is 6.57. The molecule has 0 aliphatic heterocycles. The van der Waals surface area contributed by atoms with Crippen molar-refractivity contribution in [2.24, 2.45) is 0 Å². The Balaban J connectivity index is 1.97. The van der Waals surface area contributed by atoms with Crippen LogP contribution in [0.5, 0.6) is 0 Å². The molecule has 1 saturated carbocycles. The smallest absolute Gasteiger partial charge is 0.125 e. The Morgan fingerprint density at radius 2 is 1.88 bits per heavy atom. The first-order valence-electron chi connectivity index (χ1n) is 6.11. The lowest BCUT2D eigenvalue weighted by molar-refractivity contribution is 0.438. The van der Waals surface area contributed by atoms with Gasteiger partial charge in [0.1, 0.15) is 5.82 Å². The van der Waals surface area contributed by atoms with Crippen molar-refractivity contribution in [2.45, 2.75) is 38.0 Å². The van der Waals surface area contributed by atoms with Gasteiger partial charge in [-0.2, -0.15) is 0 Å². The molecule has 2 heteroatoms. The highest BCUT2D eigenvalue weighted by molar-refractivity contribution is 5.80.